The van der Waals surface area contributed by atoms with Crippen LogP contribution in [0, 0.1) is 6.92 Å². The highest BCUT2D eigenvalue weighted by molar-refractivity contribution is 5.86. The Morgan fingerprint density at radius 1 is 0.960 bits per heavy atom. The zero-order valence-electron chi connectivity index (χ0n) is 14.5. The zero-order chi connectivity index (χ0) is 17.5. The van der Waals surface area contributed by atoms with Gasteiger partial charge >= 0.3 is 0 Å². The van der Waals surface area contributed by atoms with Crippen LogP contribution in [0.4, 0.5) is 0 Å². The van der Waals surface area contributed by atoms with E-state index in [0.29, 0.717) is 19.6 Å². The molecule has 1 N–H and O–H groups in total. The summed E-state index contributed by atoms with van der Waals surface area (Å²) in [4.78, 5) is 12.0. The standard InChI is InChI=1S/C22H23NO2/c1-17-9-12-20(13-10-17)25-16-15-23-22(24)14-11-19-7-4-6-18-5-2-3-8-21(18)19/h2-10,12-13H,11,14-16H2,1H3,(H,23,24). The van der Waals surface area contributed by atoms with E-state index in [0.717, 1.165) is 12.2 Å². The Kier molecular flexibility index (Phi) is 5.68. The van der Waals surface area contributed by atoms with Gasteiger partial charge in [0.25, 0.3) is 0 Å². The number of benzene rings is 3. The molecule has 1 amide bonds. The Balaban J connectivity index is 1.42. The highest BCUT2D eigenvalue weighted by Crippen LogP contribution is 2.19. The van der Waals surface area contributed by atoms with E-state index in [1.165, 1.54) is 21.9 Å². The molecule has 0 heterocycles. The van der Waals surface area contributed by atoms with Gasteiger partial charge in [0.1, 0.15) is 12.4 Å². The monoisotopic (exact) mass is 333 g/mol. The highest BCUT2D eigenvalue weighted by Gasteiger charge is 2.05. The van der Waals surface area contributed by atoms with E-state index < -0.39 is 0 Å². The van der Waals surface area contributed by atoms with Crippen molar-refractivity contribution in [2.75, 3.05) is 13.2 Å². The van der Waals surface area contributed by atoms with Crippen LogP contribution in [0.15, 0.2) is 66.7 Å². The SMILES string of the molecule is Cc1ccc(OCCNC(=O)CCc2cccc3ccccc23)cc1. The number of nitrogens with one attached hydrogen (secondary N) is 1. The lowest BCUT2D eigenvalue weighted by Gasteiger charge is -2.09. The molecule has 0 saturated heterocycles. The van der Waals surface area contributed by atoms with Crippen molar-refractivity contribution in [1.29, 1.82) is 0 Å². The summed E-state index contributed by atoms with van der Waals surface area (Å²) in [6.45, 7) is 3.03. The van der Waals surface area contributed by atoms with Gasteiger partial charge in [0.15, 0.2) is 0 Å². The average molecular weight is 333 g/mol. The maximum atomic E-state index is 12.0. The second kappa shape index (κ2) is 8.34. The number of carbonyl (C=O) groups is 1. The lowest BCUT2D eigenvalue weighted by Crippen LogP contribution is -2.28. The normalized spacial score (nSPS) is 10.6. The quantitative estimate of drug-likeness (QED) is 0.656. The Bertz CT molecular complexity index is 835. The Labute approximate surface area is 148 Å². The average Bonchev–Trinajstić information content (AvgIpc) is 2.65. The molecule has 0 fully saturated rings. The van der Waals surface area contributed by atoms with Crippen LogP contribution >= 0.6 is 0 Å². The first kappa shape index (κ1) is 17.0. The number of amides is 1. The molecule has 25 heavy (non-hydrogen) atoms. The van der Waals surface area contributed by atoms with E-state index in [1.54, 1.807) is 0 Å². The molecule has 0 radical (unpaired) electrons. The van der Waals surface area contributed by atoms with Crippen molar-refractivity contribution in [3.05, 3.63) is 77.9 Å². The van der Waals surface area contributed by atoms with Gasteiger partial charge in [-0.2, -0.15) is 0 Å². The third-order valence-corrected chi connectivity index (χ3v) is 4.22. The molecule has 3 nitrogen and oxygen atoms in total. The number of carbonyl (C=O) groups excluding carboxylic acids is 1. The van der Waals surface area contributed by atoms with Crippen molar-refractivity contribution in [3.8, 4) is 5.75 Å². The first-order valence-electron chi connectivity index (χ1n) is 8.65. The molecule has 0 bridgehead atoms. The second-order valence-corrected chi connectivity index (χ2v) is 6.15. The van der Waals surface area contributed by atoms with Crippen molar-refractivity contribution in [2.24, 2.45) is 0 Å². The summed E-state index contributed by atoms with van der Waals surface area (Å²) in [7, 11) is 0. The maximum absolute atomic E-state index is 12.0. The summed E-state index contributed by atoms with van der Waals surface area (Å²) >= 11 is 0. The molecule has 0 aliphatic heterocycles. The van der Waals surface area contributed by atoms with Crippen LogP contribution in [0.2, 0.25) is 0 Å². The first-order chi connectivity index (χ1) is 12.2. The fraction of sp³-hybridized carbons (Fsp3) is 0.227. The van der Waals surface area contributed by atoms with E-state index in [4.69, 9.17) is 4.74 Å². The lowest BCUT2D eigenvalue weighted by molar-refractivity contribution is -0.121. The van der Waals surface area contributed by atoms with E-state index in [1.807, 2.05) is 49.4 Å². The minimum atomic E-state index is 0.0560. The molecule has 0 aromatic heterocycles. The fourth-order valence-corrected chi connectivity index (χ4v) is 2.84. The van der Waals surface area contributed by atoms with Crippen LogP contribution in [-0.2, 0) is 11.2 Å². The van der Waals surface area contributed by atoms with E-state index >= 15 is 0 Å². The van der Waals surface area contributed by atoms with Crippen molar-refractivity contribution in [2.45, 2.75) is 19.8 Å². The van der Waals surface area contributed by atoms with Crippen molar-refractivity contribution in [3.63, 3.8) is 0 Å². The summed E-state index contributed by atoms with van der Waals surface area (Å²) in [5.74, 6) is 0.885. The van der Waals surface area contributed by atoms with Gasteiger partial charge in [0, 0.05) is 6.42 Å². The van der Waals surface area contributed by atoms with Gasteiger partial charge in [0.05, 0.1) is 6.54 Å². The van der Waals surface area contributed by atoms with Gasteiger partial charge in [-0.1, -0.05) is 60.2 Å². The summed E-state index contributed by atoms with van der Waals surface area (Å²) < 4.78 is 5.62. The van der Waals surface area contributed by atoms with E-state index in [2.05, 4.69) is 29.6 Å². The molecule has 3 heteroatoms. The topological polar surface area (TPSA) is 38.3 Å². The third kappa shape index (κ3) is 4.83. The largest absolute Gasteiger partial charge is 0.492 e. The van der Waals surface area contributed by atoms with E-state index in [9.17, 15) is 4.79 Å². The Morgan fingerprint density at radius 2 is 1.72 bits per heavy atom. The third-order valence-electron chi connectivity index (χ3n) is 4.22. The predicted molar refractivity (Wildman–Crippen MR) is 102 cm³/mol. The van der Waals surface area contributed by atoms with Gasteiger partial charge in [-0.15, -0.1) is 0 Å². The minimum absolute atomic E-state index is 0.0560. The van der Waals surface area contributed by atoms with Crippen molar-refractivity contribution in [1.82, 2.24) is 5.32 Å². The predicted octanol–water partition coefficient (Wildman–Crippen LogP) is 4.28. The van der Waals surface area contributed by atoms with Crippen LogP contribution in [0.3, 0.4) is 0 Å². The number of aryl methyl sites for hydroxylation is 2. The van der Waals surface area contributed by atoms with Gasteiger partial charge in [0.2, 0.25) is 5.91 Å². The molecule has 3 rings (SSSR count). The number of hydrogen-bond donors (Lipinski definition) is 1. The van der Waals surface area contributed by atoms with Crippen LogP contribution in [0.5, 0.6) is 5.75 Å². The van der Waals surface area contributed by atoms with Crippen LogP contribution in [-0.4, -0.2) is 19.1 Å². The van der Waals surface area contributed by atoms with Gasteiger partial charge in [-0.05, 0) is 41.8 Å². The zero-order valence-corrected chi connectivity index (χ0v) is 14.5. The first-order valence-corrected chi connectivity index (χ1v) is 8.65. The number of fused-ring (bicyclic) bond motifs is 1. The molecule has 3 aromatic carbocycles. The molecule has 0 unspecified atom stereocenters. The Hall–Kier alpha value is -2.81. The van der Waals surface area contributed by atoms with Crippen LogP contribution < -0.4 is 10.1 Å². The molecule has 0 spiro atoms. The van der Waals surface area contributed by atoms with Crippen LogP contribution in [0.25, 0.3) is 10.8 Å². The molecule has 3 aromatic rings. The maximum Gasteiger partial charge on any atom is 0.220 e. The van der Waals surface area contributed by atoms with Gasteiger partial charge < -0.3 is 10.1 Å². The summed E-state index contributed by atoms with van der Waals surface area (Å²) in [6.07, 6.45) is 1.23. The number of ether oxygens (including phenoxy) is 1. The molecule has 0 atom stereocenters. The second-order valence-electron chi connectivity index (χ2n) is 6.15. The molecule has 128 valence electrons. The van der Waals surface area contributed by atoms with Gasteiger partial charge in [-0.25, -0.2) is 0 Å². The number of rotatable bonds is 7. The summed E-state index contributed by atoms with van der Waals surface area (Å²) in [6, 6.07) is 22.4. The smallest absolute Gasteiger partial charge is 0.220 e. The fourth-order valence-electron chi connectivity index (χ4n) is 2.84. The van der Waals surface area contributed by atoms with Crippen molar-refractivity contribution >= 4 is 16.7 Å². The van der Waals surface area contributed by atoms with E-state index in [-0.39, 0.29) is 5.91 Å². The lowest BCUT2D eigenvalue weighted by atomic mass is 10.0. The minimum Gasteiger partial charge on any atom is -0.492 e. The molecule has 0 aliphatic carbocycles. The molecular weight excluding hydrogens is 310 g/mol. The van der Waals surface area contributed by atoms with Crippen LogP contribution in [0.1, 0.15) is 17.5 Å². The highest BCUT2D eigenvalue weighted by atomic mass is 16.5. The summed E-state index contributed by atoms with van der Waals surface area (Å²) in [5, 5.41) is 5.36. The van der Waals surface area contributed by atoms with Gasteiger partial charge in [-0.3, -0.25) is 4.79 Å². The molecule has 0 saturated carbocycles. The van der Waals surface area contributed by atoms with Crippen molar-refractivity contribution < 1.29 is 9.53 Å². The number of hydrogen-bond acceptors (Lipinski definition) is 2. The Morgan fingerprint density at radius 3 is 2.56 bits per heavy atom. The molecular formula is C22H23NO2. The summed E-state index contributed by atoms with van der Waals surface area (Å²) in [5.41, 5.74) is 2.42. The molecule has 0 aliphatic rings.